The maximum Gasteiger partial charge on any atom is 0.269 e. The van der Waals surface area contributed by atoms with Gasteiger partial charge < -0.3 is 10.2 Å². The molecule has 0 radical (unpaired) electrons. The van der Waals surface area contributed by atoms with Crippen LogP contribution in [-0.2, 0) is 26.2 Å². The molecule has 0 saturated heterocycles. The number of nitrogens with zero attached hydrogens (tertiary/aromatic N) is 3. The van der Waals surface area contributed by atoms with Crippen LogP contribution in [0.2, 0.25) is 5.02 Å². The molecule has 0 fully saturated rings. The topological polar surface area (TPSA) is 130 Å². The molecule has 1 atom stereocenters. The van der Waals surface area contributed by atoms with Gasteiger partial charge in [0.25, 0.3) is 15.7 Å². The Morgan fingerprint density at radius 3 is 2.26 bits per heavy atom. The summed E-state index contributed by atoms with van der Waals surface area (Å²) in [6.07, 6.45) is 0. The highest BCUT2D eigenvalue weighted by Gasteiger charge is 2.32. The van der Waals surface area contributed by atoms with E-state index in [0.717, 1.165) is 16.4 Å². The predicted molar refractivity (Wildman–Crippen MR) is 144 cm³/mol. The number of hydrogen-bond acceptors (Lipinski definition) is 6. The molecular formula is C26H27ClN4O6S. The Morgan fingerprint density at radius 2 is 1.68 bits per heavy atom. The van der Waals surface area contributed by atoms with Crippen molar-refractivity contribution >= 4 is 44.8 Å². The van der Waals surface area contributed by atoms with Crippen LogP contribution < -0.4 is 9.62 Å². The quantitative estimate of drug-likeness (QED) is 0.280. The number of nitro benzene ring substituents is 1. The Kier molecular flexibility index (Phi) is 9.43. The average molecular weight is 559 g/mol. The molecule has 1 N–H and O–H groups in total. The maximum atomic E-state index is 13.7. The highest BCUT2D eigenvalue weighted by molar-refractivity contribution is 7.92. The number of rotatable bonds is 11. The highest BCUT2D eigenvalue weighted by atomic mass is 35.5. The molecule has 12 heteroatoms. The van der Waals surface area contributed by atoms with Crippen molar-refractivity contribution in [3.8, 4) is 0 Å². The first-order chi connectivity index (χ1) is 18.0. The van der Waals surface area contributed by atoms with Crippen molar-refractivity contribution in [2.75, 3.05) is 17.4 Å². The van der Waals surface area contributed by atoms with E-state index in [1.165, 1.54) is 29.2 Å². The van der Waals surface area contributed by atoms with Crippen LogP contribution in [0.1, 0.15) is 19.4 Å². The number of carbonyl (C=O) groups excluding carboxylic acids is 2. The van der Waals surface area contributed by atoms with Crippen molar-refractivity contribution in [2.24, 2.45) is 0 Å². The summed E-state index contributed by atoms with van der Waals surface area (Å²) in [6.45, 7) is 2.99. The number of nitro groups is 1. The first-order valence-corrected chi connectivity index (χ1v) is 13.5. The van der Waals surface area contributed by atoms with Crippen molar-refractivity contribution in [2.45, 2.75) is 31.3 Å². The van der Waals surface area contributed by atoms with Crippen LogP contribution >= 0.6 is 11.6 Å². The summed E-state index contributed by atoms with van der Waals surface area (Å²) >= 11 is 6.11. The van der Waals surface area contributed by atoms with E-state index in [0.29, 0.717) is 17.1 Å². The van der Waals surface area contributed by atoms with Gasteiger partial charge in [-0.05, 0) is 55.8 Å². The molecule has 0 heterocycles. The summed E-state index contributed by atoms with van der Waals surface area (Å²) in [7, 11) is -4.26. The molecule has 3 rings (SSSR count). The highest BCUT2D eigenvalue weighted by Crippen LogP contribution is 2.26. The van der Waals surface area contributed by atoms with Crippen LogP contribution in [0.25, 0.3) is 0 Å². The number of hydrogen-bond donors (Lipinski definition) is 1. The van der Waals surface area contributed by atoms with Gasteiger partial charge in [0, 0.05) is 30.2 Å². The second-order valence-corrected chi connectivity index (χ2v) is 10.6. The minimum atomic E-state index is -4.26. The smallest absolute Gasteiger partial charge is 0.269 e. The van der Waals surface area contributed by atoms with Gasteiger partial charge in [-0.15, -0.1) is 0 Å². The molecule has 0 saturated carbocycles. The first-order valence-electron chi connectivity index (χ1n) is 11.7. The number of halogens is 1. The Bertz CT molecular complexity index is 1400. The zero-order valence-electron chi connectivity index (χ0n) is 20.8. The third-order valence-corrected chi connectivity index (χ3v) is 7.74. The third kappa shape index (κ3) is 6.87. The van der Waals surface area contributed by atoms with E-state index in [1.807, 2.05) is 0 Å². The van der Waals surface area contributed by atoms with E-state index >= 15 is 0 Å². The van der Waals surface area contributed by atoms with Gasteiger partial charge in [-0.25, -0.2) is 8.42 Å². The first kappa shape index (κ1) is 28.6. The molecule has 38 heavy (non-hydrogen) atoms. The molecule has 3 aromatic carbocycles. The molecule has 0 bridgehead atoms. The molecule has 0 aliphatic carbocycles. The van der Waals surface area contributed by atoms with Crippen LogP contribution in [-0.4, -0.2) is 49.2 Å². The zero-order chi connectivity index (χ0) is 27.9. The number of nitrogens with one attached hydrogen (secondary N) is 1. The summed E-state index contributed by atoms with van der Waals surface area (Å²) in [5.74, 6) is -1.06. The van der Waals surface area contributed by atoms with Crippen LogP contribution in [0, 0.1) is 10.1 Å². The summed E-state index contributed by atoms with van der Waals surface area (Å²) in [5, 5.41) is 14.2. The number of benzene rings is 3. The van der Waals surface area contributed by atoms with E-state index in [1.54, 1.807) is 56.3 Å². The van der Waals surface area contributed by atoms with E-state index in [-0.39, 0.29) is 22.8 Å². The van der Waals surface area contributed by atoms with E-state index in [2.05, 4.69) is 5.32 Å². The summed E-state index contributed by atoms with van der Waals surface area (Å²) < 4.78 is 28.2. The lowest BCUT2D eigenvalue weighted by Gasteiger charge is -2.32. The monoisotopic (exact) mass is 558 g/mol. The summed E-state index contributed by atoms with van der Waals surface area (Å²) in [5.41, 5.74) is 0.473. The maximum absolute atomic E-state index is 13.7. The number of non-ortho nitro benzene ring substituents is 1. The van der Waals surface area contributed by atoms with Gasteiger partial charge in [0.05, 0.1) is 15.5 Å². The second-order valence-electron chi connectivity index (χ2n) is 8.32. The Morgan fingerprint density at radius 1 is 1.03 bits per heavy atom. The van der Waals surface area contributed by atoms with Gasteiger partial charge in [-0.2, -0.15) is 0 Å². The van der Waals surface area contributed by atoms with Gasteiger partial charge in [0.2, 0.25) is 11.8 Å². The molecule has 2 amide bonds. The van der Waals surface area contributed by atoms with E-state index < -0.39 is 39.3 Å². The van der Waals surface area contributed by atoms with Crippen LogP contribution in [0.3, 0.4) is 0 Å². The third-order valence-electron chi connectivity index (χ3n) is 5.72. The van der Waals surface area contributed by atoms with Crippen molar-refractivity contribution in [1.82, 2.24) is 10.2 Å². The SMILES string of the molecule is CCNC(=O)C(C)N(Cc1cccc(Cl)c1)C(=O)CN(c1ccc([N+](=O)[O-])cc1)S(=O)(=O)c1ccccc1. The predicted octanol–water partition coefficient (Wildman–Crippen LogP) is 4.00. The van der Waals surface area contributed by atoms with Crippen molar-refractivity contribution in [1.29, 1.82) is 0 Å². The molecule has 3 aromatic rings. The molecule has 10 nitrogen and oxygen atoms in total. The average Bonchev–Trinajstić information content (AvgIpc) is 2.90. The van der Waals surface area contributed by atoms with Crippen molar-refractivity contribution in [3.63, 3.8) is 0 Å². The lowest BCUT2D eigenvalue weighted by molar-refractivity contribution is -0.384. The van der Waals surface area contributed by atoms with Crippen LogP contribution in [0.15, 0.2) is 83.8 Å². The molecule has 0 aliphatic rings. The van der Waals surface area contributed by atoms with E-state index in [4.69, 9.17) is 11.6 Å². The van der Waals surface area contributed by atoms with Crippen LogP contribution in [0.5, 0.6) is 0 Å². The minimum absolute atomic E-state index is 0.00280. The second kappa shape index (κ2) is 12.5. The molecule has 0 aromatic heterocycles. The Labute approximate surface area is 226 Å². The summed E-state index contributed by atoms with van der Waals surface area (Å²) in [4.78, 5) is 38.1. The lowest BCUT2D eigenvalue weighted by Crippen LogP contribution is -2.51. The number of likely N-dealkylation sites (N-methyl/N-ethyl adjacent to an activating group) is 1. The van der Waals surface area contributed by atoms with Gasteiger partial charge in [0.1, 0.15) is 12.6 Å². The minimum Gasteiger partial charge on any atom is -0.355 e. The Balaban J connectivity index is 2.04. The fourth-order valence-electron chi connectivity index (χ4n) is 3.73. The fourth-order valence-corrected chi connectivity index (χ4v) is 5.37. The van der Waals surface area contributed by atoms with Gasteiger partial charge in [-0.1, -0.05) is 41.9 Å². The standard InChI is InChI=1S/C26H27ClN4O6S/c1-3-28-26(33)19(2)29(17-20-8-7-9-21(27)16-20)25(32)18-30(22-12-14-23(15-13-22)31(34)35)38(36,37)24-10-5-4-6-11-24/h4-16,19H,3,17-18H2,1-2H3,(H,28,33). The Hall–Kier alpha value is -3.96. The normalized spacial score (nSPS) is 11.9. The van der Waals surface area contributed by atoms with Crippen LogP contribution in [0.4, 0.5) is 11.4 Å². The number of sulfonamides is 1. The molecule has 0 aliphatic heterocycles. The number of anilines is 1. The van der Waals surface area contributed by atoms with Crippen molar-refractivity contribution in [3.05, 3.63) is 99.6 Å². The number of amides is 2. The molecular weight excluding hydrogens is 532 g/mol. The van der Waals surface area contributed by atoms with Gasteiger partial charge in [-0.3, -0.25) is 24.0 Å². The summed E-state index contributed by atoms with van der Waals surface area (Å²) in [6, 6.07) is 18.2. The van der Waals surface area contributed by atoms with Gasteiger partial charge >= 0.3 is 0 Å². The lowest BCUT2D eigenvalue weighted by atomic mass is 10.1. The zero-order valence-corrected chi connectivity index (χ0v) is 22.4. The van der Waals surface area contributed by atoms with Gasteiger partial charge in [0.15, 0.2) is 0 Å². The molecule has 1 unspecified atom stereocenters. The van der Waals surface area contributed by atoms with Crippen molar-refractivity contribution < 1.29 is 22.9 Å². The van der Waals surface area contributed by atoms with E-state index in [9.17, 15) is 28.1 Å². The molecule has 0 spiro atoms. The largest absolute Gasteiger partial charge is 0.355 e. The fraction of sp³-hybridized carbons (Fsp3) is 0.231. The number of carbonyl (C=O) groups is 2. The molecule has 200 valence electrons.